The molecule has 0 spiro atoms. The molecule has 0 saturated heterocycles. The van der Waals surface area contributed by atoms with Crippen molar-refractivity contribution >= 4 is 54.3 Å². The molecule has 1 heterocycles. The fraction of sp³-hybridized carbons (Fsp3) is 0. The van der Waals surface area contributed by atoms with Gasteiger partial charge in [0.1, 0.15) is 5.82 Å². The molecule has 0 radical (unpaired) electrons. The molecule has 0 aliphatic carbocycles. The van der Waals surface area contributed by atoms with Gasteiger partial charge in [-0.3, -0.25) is 5.32 Å². The first-order valence-electron chi connectivity index (χ1n) is 6.00. The highest BCUT2D eigenvalue weighted by molar-refractivity contribution is 9.10. The molecular weight excluding hydrogens is 357 g/mol. The third-order valence-electron chi connectivity index (χ3n) is 2.67. The molecule has 0 saturated carbocycles. The number of amides is 2. The van der Waals surface area contributed by atoms with Crippen LogP contribution in [0.5, 0.6) is 0 Å². The van der Waals surface area contributed by atoms with Gasteiger partial charge in [0.2, 0.25) is 0 Å². The minimum Gasteiger partial charge on any atom is -0.308 e. The van der Waals surface area contributed by atoms with Crippen LogP contribution in [-0.4, -0.2) is 11.0 Å². The molecule has 3 aromatic rings. The Hall–Kier alpha value is -1.99. The number of aromatic nitrogens is 1. The minimum atomic E-state index is -0.417. The Morgan fingerprint density at radius 1 is 1.14 bits per heavy atom. The predicted octanol–water partition coefficient (Wildman–Crippen LogP) is 4.84. The molecule has 1 aromatic heterocycles. The van der Waals surface area contributed by atoms with E-state index < -0.39 is 6.03 Å². The molecule has 0 fully saturated rings. The molecular formula is C14H9BrFN3OS. The van der Waals surface area contributed by atoms with Gasteiger partial charge < -0.3 is 5.32 Å². The van der Waals surface area contributed by atoms with Crippen molar-refractivity contribution in [3.05, 3.63) is 52.8 Å². The zero-order valence-electron chi connectivity index (χ0n) is 10.6. The summed E-state index contributed by atoms with van der Waals surface area (Å²) in [4.78, 5) is 16.2. The molecule has 21 heavy (non-hydrogen) atoms. The number of nitrogens with one attached hydrogen (secondary N) is 2. The van der Waals surface area contributed by atoms with Crippen molar-refractivity contribution in [1.82, 2.24) is 4.98 Å². The van der Waals surface area contributed by atoms with Gasteiger partial charge in [-0.25, -0.2) is 14.2 Å². The molecule has 0 bridgehead atoms. The van der Waals surface area contributed by atoms with Gasteiger partial charge >= 0.3 is 6.03 Å². The highest BCUT2D eigenvalue weighted by atomic mass is 79.9. The third-order valence-corrected chi connectivity index (χ3v) is 4.10. The van der Waals surface area contributed by atoms with Crippen LogP contribution in [0.2, 0.25) is 0 Å². The Kier molecular flexibility index (Phi) is 3.85. The van der Waals surface area contributed by atoms with Crippen molar-refractivity contribution in [3.63, 3.8) is 0 Å². The van der Waals surface area contributed by atoms with Crippen molar-refractivity contribution in [2.24, 2.45) is 0 Å². The molecule has 2 aromatic carbocycles. The molecule has 4 nitrogen and oxygen atoms in total. The van der Waals surface area contributed by atoms with Crippen LogP contribution in [-0.2, 0) is 0 Å². The maximum Gasteiger partial charge on any atom is 0.325 e. The zero-order chi connectivity index (χ0) is 14.8. The van der Waals surface area contributed by atoms with E-state index in [9.17, 15) is 9.18 Å². The second-order valence-corrected chi connectivity index (χ2v) is 6.16. The second-order valence-electron chi connectivity index (χ2n) is 4.22. The Balaban J connectivity index is 1.72. The highest BCUT2D eigenvalue weighted by Gasteiger charge is 2.08. The van der Waals surface area contributed by atoms with Crippen LogP contribution in [0.25, 0.3) is 10.2 Å². The first kappa shape index (κ1) is 14.0. The molecule has 106 valence electrons. The van der Waals surface area contributed by atoms with Crippen LogP contribution < -0.4 is 10.6 Å². The lowest BCUT2D eigenvalue weighted by Gasteiger charge is -2.04. The van der Waals surface area contributed by atoms with Crippen LogP contribution in [0, 0.1) is 5.82 Å². The average Bonchev–Trinajstić information content (AvgIpc) is 2.82. The van der Waals surface area contributed by atoms with Gasteiger partial charge in [0.05, 0.1) is 10.2 Å². The fourth-order valence-electron chi connectivity index (χ4n) is 1.74. The number of fused-ring (bicyclic) bond motifs is 1. The van der Waals surface area contributed by atoms with Crippen molar-refractivity contribution in [2.45, 2.75) is 0 Å². The largest absolute Gasteiger partial charge is 0.325 e. The summed E-state index contributed by atoms with van der Waals surface area (Å²) >= 11 is 4.77. The lowest BCUT2D eigenvalue weighted by molar-refractivity contribution is 0.262. The van der Waals surface area contributed by atoms with Crippen LogP contribution in [0.1, 0.15) is 0 Å². The van der Waals surface area contributed by atoms with Gasteiger partial charge in [-0.15, -0.1) is 0 Å². The second kappa shape index (κ2) is 5.79. The van der Waals surface area contributed by atoms with E-state index in [1.54, 1.807) is 0 Å². The van der Waals surface area contributed by atoms with E-state index in [4.69, 9.17) is 0 Å². The lowest BCUT2D eigenvalue weighted by Crippen LogP contribution is -2.19. The quantitative estimate of drug-likeness (QED) is 0.682. The normalized spacial score (nSPS) is 10.6. The molecule has 2 amide bonds. The van der Waals surface area contributed by atoms with E-state index in [1.807, 2.05) is 18.2 Å². The van der Waals surface area contributed by atoms with Gasteiger partial charge in [0.15, 0.2) is 5.13 Å². The Morgan fingerprint density at radius 2 is 1.90 bits per heavy atom. The number of anilines is 2. The van der Waals surface area contributed by atoms with Crippen LogP contribution in [0.4, 0.5) is 20.0 Å². The monoisotopic (exact) mass is 365 g/mol. The van der Waals surface area contributed by atoms with Crippen LogP contribution >= 0.6 is 27.3 Å². The van der Waals surface area contributed by atoms with Crippen LogP contribution in [0.15, 0.2) is 46.9 Å². The Labute approximate surface area is 132 Å². The molecule has 0 aliphatic heterocycles. The molecule has 0 unspecified atom stereocenters. The summed E-state index contributed by atoms with van der Waals surface area (Å²) in [7, 11) is 0. The first-order valence-corrected chi connectivity index (χ1v) is 7.61. The number of hydrogen-bond acceptors (Lipinski definition) is 3. The van der Waals surface area contributed by atoms with Gasteiger partial charge in [-0.2, -0.15) is 0 Å². The summed E-state index contributed by atoms with van der Waals surface area (Å²) in [6, 6.07) is 10.8. The van der Waals surface area contributed by atoms with Crippen molar-refractivity contribution in [2.75, 3.05) is 10.6 Å². The molecule has 3 rings (SSSR count). The standard InChI is InChI=1S/C14H9BrFN3OS/c15-8-1-6-11-12(7-8)21-14(18-11)19-13(20)17-10-4-2-9(16)3-5-10/h1-7H,(H2,17,18,19,20). The van der Waals surface area contributed by atoms with E-state index in [2.05, 4.69) is 31.5 Å². The minimum absolute atomic E-state index is 0.349. The molecule has 2 N–H and O–H groups in total. The maximum absolute atomic E-state index is 12.8. The van der Waals surface area contributed by atoms with E-state index in [-0.39, 0.29) is 5.82 Å². The summed E-state index contributed by atoms with van der Waals surface area (Å²) in [5, 5.41) is 5.78. The number of thiazole rings is 1. The van der Waals surface area contributed by atoms with Gasteiger partial charge in [0.25, 0.3) is 0 Å². The van der Waals surface area contributed by atoms with Crippen LogP contribution in [0.3, 0.4) is 0 Å². The number of carbonyl (C=O) groups excluding carboxylic acids is 1. The van der Waals surface area contributed by atoms with E-state index >= 15 is 0 Å². The number of nitrogens with zero attached hydrogens (tertiary/aromatic N) is 1. The third kappa shape index (κ3) is 3.37. The van der Waals surface area contributed by atoms with Crippen molar-refractivity contribution in [1.29, 1.82) is 0 Å². The summed E-state index contributed by atoms with van der Waals surface area (Å²) in [5.41, 5.74) is 1.33. The van der Waals surface area contributed by atoms with E-state index in [0.29, 0.717) is 10.8 Å². The zero-order valence-corrected chi connectivity index (χ0v) is 13.0. The first-order chi connectivity index (χ1) is 10.1. The number of rotatable bonds is 2. The number of benzene rings is 2. The van der Waals surface area contributed by atoms with Crippen molar-refractivity contribution < 1.29 is 9.18 Å². The number of halogens is 2. The number of carbonyl (C=O) groups is 1. The van der Waals surface area contributed by atoms with Gasteiger partial charge in [-0.1, -0.05) is 27.3 Å². The summed E-state index contributed by atoms with van der Waals surface area (Å²) in [6.45, 7) is 0. The summed E-state index contributed by atoms with van der Waals surface area (Å²) in [5.74, 6) is -0.349. The predicted molar refractivity (Wildman–Crippen MR) is 86.4 cm³/mol. The fourth-order valence-corrected chi connectivity index (χ4v) is 3.16. The van der Waals surface area contributed by atoms with Crippen molar-refractivity contribution in [3.8, 4) is 0 Å². The SMILES string of the molecule is O=C(Nc1ccc(F)cc1)Nc1nc2ccc(Br)cc2s1. The summed E-state index contributed by atoms with van der Waals surface area (Å²) < 4.78 is 14.7. The smallest absolute Gasteiger partial charge is 0.308 e. The lowest BCUT2D eigenvalue weighted by atomic mass is 10.3. The average molecular weight is 366 g/mol. The van der Waals surface area contributed by atoms with Gasteiger partial charge in [0, 0.05) is 10.2 Å². The Morgan fingerprint density at radius 3 is 2.67 bits per heavy atom. The van der Waals surface area contributed by atoms with E-state index in [0.717, 1.165) is 14.7 Å². The summed E-state index contributed by atoms with van der Waals surface area (Å²) in [6.07, 6.45) is 0. The number of urea groups is 1. The van der Waals surface area contributed by atoms with Gasteiger partial charge in [-0.05, 0) is 42.5 Å². The highest BCUT2D eigenvalue weighted by Crippen LogP contribution is 2.28. The molecule has 7 heteroatoms. The Bertz CT molecular complexity index is 804. The molecule has 0 atom stereocenters. The molecule has 0 aliphatic rings. The van der Waals surface area contributed by atoms with E-state index in [1.165, 1.54) is 35.6 Å². The maximum atomic E-state index is 12.8. The number of hydrogen-bond donors (Lipinski definition) is 2. The topological polar surface area (TPSA) is 54.0 Å².